The second-order valence-electron chi connectivity index (χ2n) is 7.39. The second kappa shape index (κ2) is 23.2. The van der Waals surface area contributed by atoms with Crippen molar-refractivity contribution in [2.45, 2.75) is 55.3 Å². The van der Waals surface area contributed by atoms with E-state index in [1.807, 2.05) is 0 Å². The van der Waals surface area contributed by atoms with Crippen LogP contribution in [0.5, 0.6) is 0 Å². The van der Waals surface area contributed by atoms with E-state index in [4.69, 9.17) is 51.1 Å². The molecule has 0 bridgehead atoms. The summed E-state index contributed by atoms with van der Waals surface area (Å²) >= 11 is 0. The summed E-state index contributed by atoms with van der Waals surface area (Å²) in [6.45, 7) is 0. The van der Waals surface area contributed by atoms with Crippen LogP contribution in [0.15, 0.2) is 0 Å². The number of rotatable bonds is 15. The molecule has 0 heterocycles. The summed E-state index contributed by atoms with van der Waals surface area (Å²) < 4.78 is 0. The first-order chi connectivity index (χ1) is 17.3. The average Bonchev–Trinajstić information content (AvgIpc) is 2.64. The third-order valence-electron chi connectivity index (χ3n) is 3.84. The van der Waals surface area contributed by atoms with Gasteiger partial charge in [-0.15, -0.1) is 0 Å². The summed E-state index contributed by atoms with van der Waals surface area (Å²) in [7, 11) is 0. The molecule has 0 rings (SSSR count). The van der Waals surface area contributed by atoms with Crippen molar-refractivity contribution >= 4 is 53.7 Å². The first kappa shape index (κ1) is 52.4. The Morgan fingerprint density at radius 2 is 0.571 bits per heavy atom. The zero-order chi connectivity index (χ0) is 31.9. The van der Waals surface area contributed by atoms with Gasteiger partial charge in [0.15, 0.2) is 16.8 Å². The molecule has 0 atom stereocenters. The molecule has 0 aromatic heterocycles. The summed E-state index contributed by atoms with van der Waals surface area (Å²) in [5.41, 5.74) is -8.34. The first-order valence-electron chi connectivity index (χ1n) is 9.47. The molecule has 0 aromatic carbocycles. The zero-order valence-corrected chi connectivity index (χ0v) is 26.8. The van der Waals surface area contributed by atoms with E-state index in [-0.39, 0.29) is 86.4 Å². The molecule has 0 fully saturated rings. The molecule has 42 heavy (non-hydrogen) atoms. The number of carboxylic acid groups (broad SMARTS) is 9. The maximum absolute atomic E-state index is 10.3. The third kappa shape index (κ3) is 24.3. The Labute approximate surface area is 297 Å². The maximum atomic E-state index is 10.3. The van der Waals surface area contributed by atoms with Crippen LogP contribution < -0.4 is 91.2 Å². The molecule has 0 radical (unpaired) electrons. The van der Waals surface area contributed by atoms with Crippen LogP contribution in [0.2, 0.25) is 0 Å². The molecular weight excluding hydrogens is 630 g/mol. The number of hydrogen-bond donors (Lipinski definition) is 10. The van der Waals surface area contributed by atoms with E-state index in [2.05, 4.69) is 0 Å². The molecule has 24 heteroatoms. The summed E-state index contributed by atoms with van der Waals surface area (Å²) in [6, 6.07) is 0. The van der Waals surface area contributed by atoms with Gasteiger partial charge in [0.1, 0.15) is 0 Å². The van der Waals surface area contributed by atoms with Crippen LogP contribution in [0.3, 0.4) is 0 Å². The maximum Gasteiger partial charge on any atom is 1.00 e. The van der Waals surface area contributed by atoms with E-state index in [9.17, 15) is 53.4 Å². The van der Waals surface area contributed by atoms with Gasteiger partial charge in [-0.2, -0.15) is 0 Å². The van der Waals surface area contributed by atoms with Gasteiger partial charge in [0.25, 0.3) is 0 Å². The minimum Gasteiger partial charge on any atom is -0.550 e. The van der Waals surface area contributed by atoms with Crippen molar-refractivity contribution in [3.05, 3.63) is 0 Å². The Balaban J connectivity index is -0.000000112. The van der Waals surface area contributed by atoms with Crippen LogP contribution in [0.1, 0.15) is 38.5 Å². The van der Waals surface area contributed by atoms with Crippen molar-refractivity contribution < 1.29 is 191 Å². The van der Waals surface area contributed by atoms with Gasteiger partial charge >= 0.3 is 123 Å². The Kier molecular flexibility index (Phi) is 28.9. The molecule has 0 amide bonds. The summed E-state index contributed by atoms with van der Waals surface area (Å²) in [6.07, 6.45) is -7.17. The topological polar surface area (TPSA) is 434 Å². The number of aliphatic hydroxyl groups is 3. The van der Waals surface area contributed by atoms with Crippen molar-refractivity contribution in [2.75, 3.05) is 0 Å². The molecule has 22 nitrogen and oxygen atoms in total. The molecule has 0 saturated heterocycles. The molecule has 0 aliphatic heterocycles. The van der Waals surface area contributed by atoms with Crippen molar-refractivity contribution in [1.29, 1.82) is 0 Å². The number of carboxylic acids is 9. The van der Waals surface area contributed by atoms with E-state index in [0.29, 0.717) is 0 Å². The second-order valence-corrected chi connectivity index (χ2v) is 7.39. The fraction of sp³-hybridized carbons (Fsp3) is 0.500. The Morgan fingerprint density at radius 3 is 0.667 bits per heavy atom. The van der Waals surface area contributed by atoms with Gasteiger partial charge in [-0.05, 0) is 0 Å². The van der Waals surface area contributed by atoms with Crippen molar-refractivity contribution in [3.8, 4) is 0 Å². The van der Waals surface area contributed by atoms with Crippen LogP contribution in [0.4, 0.5) is 0 Å². The van der Waals surface area contributed by atoms with Crippen molar-refractivity contribution in [1.82, 2.24) is 0 Å². The zero-order valence-electron chi connectivity index (χ0n) is 21.7. The largest absolute Gasteiger partial charge is 1.00 e. The predicted molar refractivity (Wildman–Crippen MR) is 110 cm³/mol. The van der Waals surface area contributed by atoms with Gasteiger partial charge in [-0.25, -0.2) is 14.4 Å². The molecule has 12 N–H and O–H groups in total. The molecule has 230 valence electrons. The van der Waals surface area contributed by atoms with Crippen molar-refractivity contribution in [3.63, 3.8) is 0 Å². The number of carbonyl (C=O) groups is 9. The SMILES string of the molecule is O.O=C(O)CC(O)(CC(=O)O)C(=O)O.O=C(O)CC(O)(CC(=O)O)C(=O)O.O=C([O-])CC(O)(CC(=O)[O-])C(=O)O.[K+].[Na+]. The van der Waals surface area contributed by atoms with Crippen LogP contribution >= 0.6 is 0 Å². The quantitative estimate of drug-likeness (QED) is 0.0732. The van der Waals surface area contributed by atoms with Crippen molar-refractivity contribution in [2.24, 2.45) is 0 Å². The first-order valence-corrected chi connectivity index (χ1v) is 9.47. The van der Waals surface area contributed by atoms with E-state index in [1.165, 1.54) is 0 Å². The third-order valence-corrected chi connectivity index (χ3v) is 3.84. The number of carbonyl (C=O) groups excluding carboxylic acids is 2. The molecule has 0 aromatic rings. The summed E-state index contributed by atoms with van der Waals surface area (Å²) in [4.78, 5) is 91.1. The Morgan fingerprint density at radius 1 is 0.429 bits per heavy atom. The number of hydrogen-bond acceptors (Lipinski definition) is 14. The van der Waals surface area contributed by atoms with E-state index < -0.39 is 109 Å². The standard InChI is InChI=1S/3C6H8O7.K.Na.H2O/c3*7-3(8)1-6(13,5(11)12)2-4(9)10;;;/h3*13H,1-2H2,(H,7,8)(H,9,10)(H,11,12);;;1H2/q;;;2*+1;/p-2. The van der Waals surface area contributed by atoms with Gasteiger partial charge in [-0.3, -0.25) is 19.2 Å². The number of aliphatic carboxylic acids is 9. The normalized spacial score (nSPS) is 10.1. The Hall–Kier alpha value is -2.29. The van der Waals surface area contributed by atoms with Gasteiger partial charge < -0.3 is 76.3 Å². The monoisotopic (exact) mass is 654 g/mol. The van der Waals surface area contributed by atoms with Crippen LogP contribution in [0, 0.1) is 0 Å². The average molecular weight is 654 g/mol. The molecule has 0 spiro atoms. The molecule has 0 unspecified atom stereocenters. The van der Waals surface area contributed by atoms with E-state index in [0.717, 1.165) is 0 Å². The predicted octanol–water partition coefficient (Wildman–Crippen LogP) is -13.2. The van der Waals surface area contributed by atoms with E-state index in [1.54, 1.807) is 0 Å². The smallest absolute Gasteiger partial charge is 0.550 e. The summed E-state index contributed by atoms with van der Waals surface area (Å²) in [5, 5.41) is 105. The van der Waals surface area contributed by atoms with Crippen LogP contribution in [-0.2, 0) is 43.2 Å². The Bertz CT molecular complexity index is 820. The van der Waals surface area contributed by atoms with Gasteiger partial charge in [0, 0.05) is 24.8 Å². The molecule has 0 aliphatic carbocycles. The van der Waals surface area contributed by atoms with E-state index >= 15 is 0 Å². The molecule has 0 saturated carbocycles. The molecule has 0 aliphatic rings. The minimum absolute atomic E-state index is 0. The van der Waals surface area contributed by atoms with Gasteiger partial charge in [-0.1, -0.05) is 0 Å². The fourth-order valence-electron chi connectivity index (χ4n) is 2.12. The summed E-state index contributed by atoms with van der Waals surface area (Å²) in [5.74, 6) is -15.7. The minimum atomic E-state index is -2.86. The fourth-order valence-corrected chi connectivity index (χ4v) is 2.12. The van der Waals surface area contributed by atoms with Crippen LogP contribution in [0.25, 0.3) is 0 Å². The van der Waals surface area contributed by atoms with Gasteiger partial charge in [0.2, 0.25) is 0 Å². The van der Waals surface area contributed by atoms with Crippen LogP contribution in [-0.4, -0.2) is 127 Å². The molecular formula is C18H24KNaO22. The van der Waals surface area contributed by atoms with Gasteiger partial charge in [0.05, 0.1) is 25.7 Å².